The maximum atomic E-state index is 12.1. The van der Waals surface area contributed by atoms with Gasteiger partial charge in [-0.25, -0.2) is 0 Å². The van der Waals surface area contributed by atoms with Crippen LogP contribution in [0, 0.1) is 0 Å². The van der Waals surface area contributed by atoms with Crippen molar-refractivity contribution in [1.29, 1.82) is 0 Å². The number of hydrogen-bond acceptors (Lipinski definition) is 4. The van der Waals surface area contributed by atoms with Gasteiger partial charge in [0.15, 0.2) is 0 Å². The molecule has 0 heterocycles. The fraction of sp³-hybridized carbons (Fsp3) is 0.250. The summed E-state index contributed by atoms with van der Waals surface area (Å²) in [5, 5.41) is 7.72. The average molecular weight is 368 g/mol. The summed E-state index contributed by atoms with van der Waals surface area (Å²) >= 11 is 0. The van der Waals surface area contributed by atoms with Crippen molar-refractivity contribution in [2.45, 2.75) is 20.8 Å². The molecule has 2 aromatic carbocycles. The van der Waals surface area contributed by atoms with Crippen LogP contribution in [0.1, 0.15) is 20.8 Å². The van der Waals surface area contributed by atoms with Crippen molar-refractivity contribution in [3.05, 3.63) is 48.5 Å². The van der Waals surface area contributed by atoms with Gasteiger partial charge in [-0.05, 0) is 62.4 Å². The number of benzene rings is 2. The quantitative estimate of drug-likeness (QED) is 0.684. The van der Waals surface area contributed by atoms with Crippen molar-refractivity contribution >= 4 is 40.5 Å². The second kappa shape index (κ2) is 9.38. The van der Waals surface area contributed by atoms with E-state index in [0.29, 0.717) is 17.1 Å². The second-order valence-corrected chi connectivity index (χ2v) is 5.89. The molecule has 0 aliphatic carbocycles. The maximum Gasteiger partial charge on any atom is 0.314 e. The molecule has 3 amide bonds. The summed E-state index contributed by atoms with van der Waals surface area (Å²) in [5.74, 6) is -1.70. The molecule has 0 fully saturated rings. The summed E-state index contributed by atoms with van der Waals surface area (Å²) in [6.45, 7) is 7.35. The van der Waals surface area contributed by atoms with Crippen LogP contribution < -0.4 is 20.9 Å². The van der Waals surface area contributed by atoms with Crippen LogP contribution in [0.4, 0.5) is 22.7 Å². The van der Waals surface area contributed by atoms with Gasteiger partial charge < -0.3 is 20.9 Å². The summed E-state index contributed by atoms with van der Waals surface area (Å²) in [4.78, 5) is 37.3. The third-order valence-electron chi connectivity index (χ3n) is 3.92. The first-order valence-electron chi connectivity index (χ1n) is 8.78. The van der Waals surface area contributed by atoms with E-state index in [-0.39, 0.29) is 5.91 Å². The van der Waals surface area contributed by atoms with Gasteiger partial charge in [-0.15, -0.1) is 0 Å². The number of hydrogen-bond donors (Lipinski definition) is 3. The highest BCUT2D eigenvalue weighted by Crippen LogP contribution is 2.18. The maximum absolute atomic E-state index is 12.1. The largest absolute Gasteiger partial charge is 0.372 e. The third-order valence-corrected chi connectivity index (χ3v) is 3.92. The Morgan fingerprint density at radius 3 is 1.44 bits per heavy atom. The topological polar surface area (TPSA) is 90.5 Å². The first kappa shape index (κ1) is 20.0. The Labute approximate surface area is 158 Å². The van der Waals surface area contributed by atoms with Gasteiger partial charge in [0.05, 0.1) is 0 Å². The molecule has 0 saturated carbocycles. The molecule has 3 N–H and O–H groups in total. The number of amides is 3. The van der Waals surface area contributed by atoms with Crippen molar-refractivity contribution in [1.82, 2.24) is 0 Å². The molecule has 7 heteroatoms. The summed E-state index contributed by atoms with van der Waals surface area (Å²) in [6, 6.07) is 13.8. The van der Waals surface area contributed by atoms with E-state index >= 15 is 0 Å². The molecule has 0 aliphatic rings. The molecular formula is C20H24N4O3. The Morgan fingerprint density at radius 1 is 0.704 bits per heavy atom. The average Bonchev–Trinajstić information content (AvgIpc) is 2.65. The number of anilines is 4. The lowest BCUT2D eigenvalue weighted by Gasteiger charge is -2.21. The number of carbonyl (C=O) groups excluding carboxylic acids is 3. The molecule has 0 radical (unpaired) electrons. The van der Waals surface area contributed by atoms with Gasteiger partial charge >= 0.3 is 11.8 Å². The predicted octanol–water partition coefficient (Wildman–Crippen LogP) is 3.07. The molecule has 0 saturated heterocycles. The van der Waals surface area contributed by atoms with E-state index in [9.17, 15) is 14.4 Å². The summed E-state index contributed by atoms with van der Waals surface area (Å²) in [6.07, 6.45) is 0. The van der Waals surface area contributed by atoms with E-state index in [2.05, 4.69) is 34.7 Å². The van der Waals surface area contributed by atoms with Crippen molar-refractivity contribution in [2.75, 3.05) is 33.9 Å². The monoisotopic (exact) mass is 368 g/mol. The minimum absolute atomic E-state index is 0.182. The van der Waals surface area contributed by atoms with Crippen LogP contribution in [0.3, 0.4) is 0 Å². The Kier molecular flexibility index (Phi) is 6.93. The van der Waals surface area contributed by atoms with Crippen LogP contribution in [-0.4, -0.2) is 30.8 Å². The SMILES string of the molecule is CCN(CC)c1ccc(NC(=O)C(=O)Nc2ccc(NC(C)=O)cc2)cc1. The van der Waals surface area contributed by atoms with Crippen LogP contribution >= 0.6 is 0 Å². The standard InChI is InChI=1S/C20H24N4O3/c1-4-24(5-2)18-12-10-17(11-13-18)23-20(27)19(26)22-16-8-6-15(7-9-16)21-14(3)25/h6-13H,4-5H2,1-3H3,(H,21,25)(H,22,26)(H,23,27). The van der Waals surface area contributed by atoms with Gasteiger partial charge in [-0.2, -0.15) is 0 Å². The zero-order chi connectivity index (χ0) is 19.8. The van der Waals surface area contributed by atoms with Gasteiger partial charge in [0.1, 0.15) is 0 Å². The number of nitrogens with zero attached hydrogens (tertiary/aromatic N) is 1. The van der Waals surface area contributed by atoms with Crippen LogP contribution in [0.2, 0.25) is 0 Å². The highest BCUT2D eigenvalue weighted by atomic mass is 16.2. The lowest BCUT2D eigenvalue weighted by molar-refractivity contribution is -0.132. The Morgan fingerprint density at radius 2 is 1.07 bits per heavy atom. The fourth-order valence-electron chi connectivity index (χ4n) is 2.56. The highest BCUT2D eigenvalue weighted by molar-refractivity contribution is 6.43. The molecule has 2 rings (SSSR count). The second-order valence-electron chi connectivity index (χ2n) is 5.89. The van der Waals surface area contributed by atoms with Gasteiger partial charge in [0.25, 0.3) is 0 Å². The molecule has 0 spiro atoms. The molecule has 2 aromatic rings. The molecule has 0 bridgehead atoms. The fourth-order valence-corrected chi connectivity index (χ4v) is 2.56. The summed E-state index contributed by atoms with van der Waals surface area (Å²) < 4.78 is 0. The third kappa shape index (κ3) is 5.85. The van der Waals surface area contributed by atoms with Crippen LogP contribution in [-0.2, 0) is 14.4 Å². The van der Waals surface area contributed by atoms with Crippen molar-refractivity contribution < 1.29 is 14.4 Å². The van der Waals surface area contributed by atoms with Crippen LogP contribution in [0.25, 0.3) is 0 Å². The highest BCUT2D eigenvalue weighted by Gasteiger charge is 2.14. The lowest BCUT2D eigenvalue weighted by atomic mass is 10.2. The van der Waals surface area contributed by atoms with E-state index in [4.69, 9.17) is 0 Å². The molecule has 0 unspecified atom stereocenters. The molecule has 0 atom stereocenters. The number of rotatable bonds is 6. The molecular weight excluding hydrogens is 344 g/mol. The smallest absolute Gasteiger partial charge is 0.314 e. The van der Waals surface area contributed by atoms with Crippen molar-refractivity contribution in [3.63, 3.8) is 0 Å². The Bertz CT molecular complexity index is 797. The van der Waals surface area contributed by atoms with Gasteiger partial charge in [0.2, 0.25) is 5.91 Å². The molecule has 7 nitrogen and oxygen atoms in total. The van der Waals surface area contributed by atoms with Crippen molar-refractivity contribution in [2.24, 2.45) is 0 Å². The van der Waals surface area contributed by atoms with Gasteiger partial charge in [-0.1, -0.05) is 0 Å². The summed E-state index contributed by atoms with van der Waals surface area (Å²) in [5.41, 5.74) is 2.67. The minimum atomic E-state index is -0.768. The molecule has 142 valence electrons. The number of carbonyl (C=O) groups is 3. The van der Waals surface area contributed by atoms with E-state index < -0.39 is 11.8 Å². The molecule has 27 heavy (non-hydrogen) atoms. The van der Waals surface area contributed by atoms with E-state index in [1.165, 1.54) is 6.92 Å². The normalized spacial score (nSPS) is 10.0. The first-order chi connectivity index (χ1) is 12.9. The number of nitrogens with one attached hydrogen (secondary N) is 3. The first-order valence-corrected chi connectivity index (χ1v) is 8.78. The Balaban J connectivity index is 1.93. The van der Waals surface area contributed by atoms with E-state index in [1.807, 2.05) is 12.1 Å². The zero-order valence-corrected chi connectivity index (χ0v) is 15.7. The lowest BCUT2D eigenvalue weighted by Crippen LogP contribution is -2.29. The van der Waals surface area contributed by atoms with Gasteiger partial charge in [0, 0.05) is 42.8 Å². The molecule has 0 aliphatic heterocycles. The van der Waals surface area contributed by atoms with E-state index in [1.54, 1.807) is 36.4 Å². The predicted molar refractivity (Wildman–Crippen MR) is 108 cm³/mol. The zero-order valence-electron chi connectivity index (χ0n) is 15.7. The van der Waals surface area contributed by atoms with Crippen molar-refractivity contribution in [3.8, 4) is 0 Å². The van der Waals surface area contributed by atoms with E-state index in [0.717, 1.165) is 18.8 Å². The minimum Gasteiger partial charge on any atom is -0.372 e. The van der Waals surface area contributed by atoms with Crippen LogP contribution in [0.5, 0.6) is 0 Å². The van der Waals surface area contributed by atoms with Gasteiger partial charge in [-0.3, -0.25) is 14.4 Å². The van der Waals surface area contributed by atoms with Crippen LogP contribution in [0.15, 0.2) is 48.5 Å². The molecule has 0 aromatic heterocycles. The Hall–Kier alpha value is -3.35. The summed E-state index contributed by atoms with van der Waals surface area (Å²) in [7, 11) is 0.